The Kier molecular flexibility index (Phi) is 2.87. The minimum atomic E-state index is 0.692. The van der Waals surface area contributed by atoms with Crippen LogP contribution in [-0.4, -0.2) is 16.8 Å². The van der Waals surface area contributed by atoms with Gasteiger partial charge in [-0.05, 0) is 26.1 Å². The Hall–Kier alpha value is -1.55. The van der Waals surface area contributed by atoms with Crippen molar-refractivity contribution in [3.63, 3.8) is 0 Å². The molecule has 0 radical (unpaired) electrons. The van der Waals surface area contributed by atoms with Gasteiger partial charge >= 0.3 is 0 Å². The van der Waals surface area contributed by atoms with Crippen LogP contribution in [0.5, 0.6) is 0 Å². The second-order valence-electron chi connectivity index (χ2n) is 3.61. The molecule has 0 saturated carbocycles. The maximum atomic E-state index is 5.43. The van der Waals surface area contributed by atoms with E-state index in [1.54, 1.807) is 6.26 Å². The van der Waals surface area contributed by atoms with Gasteiger partial charge in [0.25, 0.3) is 0 Å². The molecule has 0 fully saturated rings. The molecule has 2 heterocycles. The topological polar surface area (TPSA) is 43.0 Å². The van der Waals surface area contributed by atoms with E-state index in [2.05, 4.69) is 10.4 Å². The van der Waals surface area contributed by atoms with Crippen LogP contribution in [0.15, 0.2) is 29.0 Å². The molecule has 0 aliphatic carbocycles. The summed E-state index contributed by atoms with van der Waals surface area (Å²) in [5.74, 6) is 0.934. The Morgan fingerprint density at radius 3 is 3.07 bits per heavy atom. The van der Waals surface area contributed by atoms with Crippen LogP contribution in [-0.2, 0) is 13.1 Å². The Balaban J connectivity index is 2.04. The lowest BCUT2D eigenvalue weighted by atomic mass is 10.3. The minimum absolute atomic E-state index is 0.692. The largest absolute Gasteiger partial charge is 0.467 e. The van der Waals surface area contributed by atoms with E-state index in [0.29, 0.717) is 6.54 Å². The molecule has 80 valence electrons. The van der Waals surface area contributed by atoms with E-state index in [9.17, 15) is 0 Å². The van der Waals surface area contributed by atoms with Crippen molar-refractivity contribution < 1.29 is 4.42 Å². The van der Waals surface area contributed by atoms with Crippen LogP contribution in [0.2, 0.25) is 0 Å². The van der Waals surface area contributed by atoms with Crippen molar-refractivity contribution >= 4 is 0 Å². The van der Waals surface area contributed by atoms with Crippen molar-refractivity contribution in [2.75, 3.05) is 7.05 Å². The number of furan rings is 1. The highest BCUT2D eigenvalue weighted by Crippen LogP contribution is 2.09. The second kappa shape index (κ2) is 4.31. The lowest BCUT2D eigenvalue weighted by Gasteiger charge is -1.96. The van der Waals surface area contributed by atoms with Crippen molar-refractivity contribution in [3.8, 4) is 0 Å². The molecule has 0 aliphatic heterocycles. The minimum Gasteiger partial charge on any atom is -0.467 e. The van der Waals surface area contributed by atoms with Gasteiger partial charge in [-0.2, -0.15) is 5.10 Å². The maximum absolute atomic E-state index is 5.43. The number of rotatable bonds is 4. The third-order valence-electron chi connectivity index (χ3n) is 2.18. The van der Waals surface area contributed by atoms with Crippen LogP contribution >= 0.6 is 0 Å². The summed E-state index contributed by atoms with van der Waals surface area (Å²) in [6.45, 7) is 3.50. The summed E-state index contributed by atoms with van der Waals surface area (Å²) in [6.07, 6.45) is 3.73. The second-order valence-corrected chi connectivity index (χ2v) is 3.61. The maximum Gasteiger partial charge on any atom is 0.125 e. The monoisotopic (exact) mass is 205 g/mol. The fraction of sp³-hybridized carbons (Fsp3) is 0.364. The molecule has 2 aromatic rings. The summed E-state index contributed by atoms with van der Waals surface area (Å²) in [6, 6.07) is 4.03. The standard InChI is InChI=1S/C11H15N3O/c1-9-3-4-14(13-9)7-11-5-10(6-12-2)8-15-11/h3-5,8,12H,6-7H2,1-2H3. The molecule has 0 spiro atoms. The summed E-state index contributed by atoms with van der Waals surface area (Å²) in [5, 5.41) is 7.39. The van der Waals surface area contributed by atoms with Gasteiger partial charge in [-0.15, -0.1) is 0 Å². The average Bonchev–Trinajstić information content (AvgIpc) is 2.78. The first-order chi connectivity index (χ1) is 7.28. The highest BCUT2D eigenvalue weighted by Gasteiger charge is 2.02. The Bertz CT molecular complexity index is 430. The molecule has 2 aromatic heterocycles. The van der Waals surface area contributed by atoms with Crippen LogP contribution in [0.1, 0.15) is 17.0 Å². The zero-order valence-corrected chi connectivity index (χ0v) is 9.03. The van der Waals surface area contributed by atoms with Crippen molar-refractivity contribution in [2.45, 2.75) is 20.0 Å². The quantitative estimate of drug-likeness (QED) is 0.823. The van der Waals surface area contributed by atoms with Crippen LogP contribution < -0.4 is 5.32 Å². The number of nitrogens with one attached hydrogen (secondary N) is 1. The van der Waals surface area contributed by atoms with Gasteiger partial charge in [0.15, 0.2) is 0 Å². The number of aryl methyl sites for hydroxylation is 1. The van der Waals surface area contributed by atoms with Gasteiger partial charge in [-0.3, -0.25) is 4.68 Å². The molecule has 0 saturated heterocycles. The molecule has 4 heteroatoms. The number of aromatic nitrogens is 2. The Morgan fingerprint density at radius 2 is 2.40 bits per heavy atom. The molecule has 0 aromatic carbocycles. The summed E-state index contributed by atoms with van der Waals surface area (Å²) in [4.78, 5) is 0. The smallest absolute Gasteiger partial charge is 0.125 e. The van der Waals surface area contributed by atoms with E-state index < -0.39 is 0 Å². The normalized spacial score (nSPS) is 10.8. The molecule has 2 rings (SSSR count). The van der Waals surface area contributed by atoms with E-state index in [-0.39, 0.29) is 0 Å². The highest BCUT2D eigenvalue weighted by atomic mass is 16.3. The third-order valence-corrected chi connectivity index (χ3v) is 2.18. The van der Waals surface area contributed by atoms with Crippen LogP contribution in [0.3, 0.4) is 0 Å². The molecule has 15 heavy (non-hydrogen) atoms. The first kappa shape index (κ1) is 9.98. The average molecular weight is 205 g/mol. The lowest BCUT2D eigenvalue weighted by Crippen LogP contribution is -2.03. The molecular formula is C11H15N3O. The van der Waals surface area contributed by atoms with E-state index in [1.165, 1.54) is 0 Å². The zero-order valence-electron chi connectivity index (χ0n) is 9.03. The first-order valence-electron chi connectivity index (χ1n) is 4.99. The van der Waals surface area contributed by atoms with Gasteiger partial charge in [-0.25, -0.2) is 0 Å². The number of hydrogen-bond donors (Lipinski definition) is 1. The Morgan fingerprint density at radius 1 is 1.53 bits per heavy atom. The van der Waals surface area contributed by atoms with E-state index >= 15 is 0 Å². The van der Waals surface area contributed by atoms with Gasteiger partial charge in [0.05, 0.1) is 18.5 Å². The number of nitrogens with zero attached hydrogens (tertiary/aromatic N) is 2. The predicted molar refractivity (Wildman–Crippen MR) is 57.5 cm³/mol. The molecule has 0 aliphatic rings. The zero-order chi connectivity index (χ0) is 10.7. The van der Waals surface area contributed by atoms with E-state index in [0.717, 1.165) is 23.6 Å². The summed E-state index contributed by atoms with van der Waals surface area (Å²) in [7, 11) is 1.92. The SMILES string of the molecule is CNCc1coc(Cn2ccc(C)n2)c1. The molecular weight excluding hydrogens is 190 g/mol. The van der Waals surface area contributed by atoms with Crippen LogP contribution in [0, 0.1) is 6.92 Å². The predicted octanol–water partition coefficient (Wildman–Crippen LogP) is 1.55. The van der Waals surface area contributed by atoms with Gasteiger partial charge in [0.2, 0.25) is 0 Å². The van der Waals surface area contributed by atoms with Gasteiger partial charge < -0.3 is 9.73 Å². The van der Waals surface area contributed by atoms with Crippen molar-refractivity contribution in [2.24, 2.45) is 0 Å². The molecule has 0 amide bonds. The summed E-state index contributed by atoms with van der Waals surface area (Å²) >= 11 is 0. The molecule has 0 unspecified atom stereocenters. The van der Waals surface area contributed by atoms with Gasteiger partial charge in [0, 0.05) is 18.3 Å². The lowest BCUT2D eigenvalue weighted by molar-refractivity contribution is 0.477. The molecule has 1 N–H and O–H groups in total. The van der Waals surface area contributed by atoms with Crippen molar-refractivity contribution in [1.29, 1.82) is 0 Å². The number of hydrogen-bond acceptors (Lipinski definition) is 3. The van der Waals surface area contributed by atoms with Gasteiger partial charge in [0.1, 0.15) is 5.76 Å². The van der Waals surface area contributed by atoms with Crippen molar-refractivity contribution in [1.82, 2.24) is 15.1 Å². The molecule has 0 bridgehead atoms. The summed E-state index contributed by atoms with van der Waals surface area (Å²) in [5.41, 5.74) is 2.19. The van der Waals surface area contributed by atoms with E-state index in [4.69, 9.17) is 4.42 Å². The fourth-order valence-corrected chi connectivity index (χ4v) is 1.52. The third kappa shape index (κ3) is 2.47. The Labute approximate surface area is 88.9 Å². The molecule has 0 atom stereocenters. The van der Waals surface area contributed by atoms with Crippen LogP contribution in [0.25, 0.3) is 0 Å². The van der Waals surface area contributed by atoms with Crippen molar-refractivity contribution in [3.05, 3.63) is 41.6 Å². The molecule has 4 nitrogen and oxygen atoms in total. The van der Waals surface area contributed by atoms with Gasteiger partial charge in [-0.1, -0.05) is 0 Å². The van der Waals surface area contributed by atoms with Crippen LogP contribution in [0.4, 0.5) is 0 Å². The highest BCUT2D eigenvalue weighted by molar-refractivity contribution is 5.13. The summed E-state index contributed by atoms with van der Waals surface area (Å²) < 4.78 is 7.30. The fourth-order valence-electron chi connectivity index (χ4n) is 1.52. The first-order valence-corrected chi connectivity index (χ1v) is 4.99. The van der Waals surface area contributed by atoms with E-state index in [1.807, 2.05) is 37.0 Å².